The zero-order chi connectivity index (χ0) is 13.9. The molecule has 0 atom stereocenters. The summed E-state index contributed by atoms with van der Waals surface area (Å²) in [6.07, 6.45) is 4.07. The van der Waals surface area contributed by atoms with E-state index < -0.39 is 0 Å². The van der Waals surface area contributed by atoms with E-state index in [-0.39, 0.29) is 0 Å². The summed E-state index contributed by atoms with van der Waals surface area (Å²) < 4.78 is 0. The Labute approximate surface area is 118 Å². The summed E-state index contributed by atoms with van der Waals surface area (Å²) in [6, 6.07) is 8.64. The highest BCUT2D eigenvalue weighted by molar-refractivity contribution is 5.59. The maximum Gasteiger partial charge on any atom is 0.249 e. The number of nitrogens with zero attached hydrogens (tertiary/aromatic N) is 4. The minimum absolute atomic E-state index is 0.508. The smallest absolute Gasteiger partial charge is 0.249 e. The van der Waals surface area contributed by atoms with Crippen molar-refractivity contribution < 1.29 is 0 Å². The molecule has 0 aliphatic heterocycles. The first kappa shape index (κ1) is 12.7. The number of hydrogen-bond donors (Lipinski definition) is 2. The largest absolute Gasteiger partial charge is 0.378 e. The highest BCUT2D eigenvalue weighted by atomic mass is 15.3. The van der Waals surface area contributed by atoms with E-state index in [1.54, 1.807) is 6.20 Å². The fourth-order valence-corrected chi connectivity index (χ4v) is 1.83. The predicted molar refractivity (Wildman–Crippen MR) is 80.5 cm³/mol. The number of aromatic nitrogens is 3. The van der Waals surface area contributed by atoms with Crippen LogP contribution in [0.25, 0.3) is 0 Å². The molecule has 1 aromatic carbocycles. The van der Waals surface area contributed by atoms with Gasteiger partial charge in [0.25, 0.3) is 0 Å². The standard InChI is InChI=1S/C14H18N6/c1-20(2)12-7-5-11(6-8-12)17-14-18-13(9-15-19-14)16-10-3-4-10/h5-10H,3-4H2,1-2H3,(H2,16,17,18,19). The third-order valence-electron chi connectivity index (χ3n) is 3.13. The van der Waals surface area contributed by atoms with Crippen molar-refractivity contribution in [2.75, 3.05) is 29.6 Å². The second-order valence-electron chi connectivity index (χ2n) is 5.15. The van der Waals surface area contributed by atoms with E-state index in [0.717, 1.165) is 17.2 Å². The van der Waals surface area contributed by atoms with Crippen LogP contribution in [0.1, 0.15) is 12.8 Å². The number of anilines is 4. The Kier molecular flexibility index (Phi) is 3.37. The fraction of sp³-hybridized carbons (Fsp3) is 0.357. The highest BCUT2D eigenvalue weighted by Gasteiger charge is 2.21. The number of hydrogen-bond acceptors (Lipinski definition) is 6. The minimum Gasteiger partial charge on any atom is -0.378 e. The summed E-state index contributed by atoms with van der Waals surface area (Å²) in [6.45, 7) is 0. The molecule has 6 nitrogen and oxygen atoms in total. The SMILES string of the molecule is CN(C)c1ccc(Nc2nncc(NC3CC3)n2)cc1. The van der Waals surface area contributed by atoms with Crippen molar-refractivity contribution in [1.29, 1.82) is 0 Å². The zero-order valence-electron chi connectivity index (χ0n) is 11.7. The second-order valence-corrected chi connectivity index (χ2v) is 5.15. The van der Waals surface area contributed by atoms with Crippen LogP contribution in [0.4, 0.5) is 23.1 Å². The van der Waals surface area contributed by atoms with Gasteiger partial charge in [0.2, 0.25) is 5.95 Å². The van der Waals surface area contributed by atoms with Crippen LogP contribution in [0.3, 0.4) is 0 Å². The fourth-order valence-electron chi connectivity index (χ4n) is 1.83. The molecule has 0 spiro atoms. The molecule has 1 fully saturated rings. The van der Waals surface area contributed by atoms with Gasteiger partial charge in [0, 0.05) is 31.5 Å². The van der Waals surface area contributed by atoms with Crippen LogP contribution >= 0.6 is 0 Å². The molecule has 0 bridgehead atoms. The number of rotatable bonds is 5. The first-order valence-electron chi connectivity index (χ1n) is 6.71. The molecule has 1 heterocycles. The van der Waals surface area contributed by atoms with Gasteiger partial charge in [-0.2, -0.15) is 10.1 Å². The maximum absolute atomic E-state index is 4.40. The van der Waals surface area contributed by atoms with Gasteiger partial charge in [-0.3, -0.25) is 0 Å². The number of benzene rings is 1. The van der Waals surface area contributed by atoms with E-state index in [0.29, 0.717) is 12.0 Å². The number of nitrogens with one attached hydrogen (secondary N) is 2. The Morgan fingerprint density at radius 1 is 1.15 bits per heavy atom. The van der Waals surface area contributed by atoms with Crippen molar-refractivity contribution in [3.05, 3.63) is 30.5 Å². The van der Waals surface area contributed by atoms with Gasteiger partial charge in [0.15, 0.2) is 5.82 Å². The lowest BCUT2D eigenvalue weighted by atomic mass is 10.2. The Morgan fingerprint density at radius 3 is 2.55 bits per heavy atom. The van der Waals surface area contributed by atoms with E-state index in [2.05, 4.69) is 30.7 Å². The molecule has 0 saturated heterocycles. The minimum atomic E-state index is 0.508. The van der Waals surface area contributed by atoms with Gasteiger partial charge in [-0.25, -0.2) is 0 Å². The summed E-state index contributed by atoms with van der Waals surface area (Å²) in [4.78, 5) is 6.46. The molecule has 104 valence electrons. The van der Waals surface area contributed by atoms with Crippen LogP contribution in [-0.4, -0.2) is 35.3 Å². The van der Waals surface area contributed by atoms with Gasteiger partial charge in [0.05, 0.1) is 6.20 Å². The predicted octanol–water partition coefficient (Wildman–Crippen LogP) is 2.26. The summed E-state index contributed by atoms with van der Waals surface area (Å²) in [7, 11) is 4.03. The van der Waals surface area contributed by atoms with E-state index >= 15 is 0 Å². The topological polar surface area (TPSA) is 66.0 Å². The van der Waals surface area contributed by atoms with E-state index in [1.165, 1.54) is 12.8 Å². The summed E-state index contributed by atoms with van der Waals surface area (Å²) in [5.41, 5.74) is 2.10. The van der Waals surface area contributed by atoms with E-state index in [4.69, 9.17) is 0 Å². The molecular weight excluding hydrogens is 252 g/mol. The molecule has 1 saturated carbocycles. The molecule has 1 aliphatic rings. The van der Waals surface area contributed by atoms with Crippen molar-refractivity contribution in [2.45, 2.75) is 18.9 Å². The van der Waals surface area contributed by atoms with Crippen LogP contribution in [0.5, 0.6) is 0 Å². The van der Waals surface area contributed by atoms with Crippen molar-refractivity contribution in [3.63, 3.8) is 0 Å². The van der Waals surface area contributed by atoms with Gasteiger partial charge in [-0.05, 0) is 37.1 Å². The molecule has 1 aliphatic carbocycles. The molecular formula is C14H18N6. The molecule has 3 rings (SSSR count). The van der Waals surface area contributed by atoms with E-state index in [1.807, 2.05) is 38.4 Å². The normalized spacial score (nSPS) is 13.9. The van der Waals surface area contributed by atoms with Gasteiger partial charge in [-0.1, -0.05) is 0 Å². The molecule has 20 heavy (non-hydrogen) atoms. The lowest BCUT2D eigenvalue weighted by Crippen LogP contribution is -2.08. The summed E-state index contributed by atoms with van der Waals surface area (Å²) in [5.74, 6) is 1.28. The Morgan fingerprint density at radius 2 is 1.90 bits per heavy atom. The average Bonchev–Trinajstić information content (AvgIpc) is 3.24. The third-order valence-corrected chi connectivity index (χ3v) is 3.13. The van der Waals surface area contributed by atoms with Crippen LogP contribution in [0.15, 0.2) is 30.5 Å². The first-order valence-corrected chi connectivity index (χ1v) is 6.71. The maximum atomic E-state index is 4.40. The molecule has 2 aromatic rings. The third kappa shape index (κ3) is 3.14. The quantitative estimate of drug-likeness (QED) is 0.868. The van der Waals surface area contributed by atoms with E-state index in [9.17, 15) is 0 Å². The Hall–Kier alpha value is -2.37. The lowest BCUT2D eigenvalue weighted by molar-refractivity contribution is 0.965. The molecule has 1 aromatic heterocycles. The van der Waals surface area contributed by atoms with Crippen molar-refractivity contribution >= 4 is 23.1 Å². The molecule has 2 N–H and O–H groups in total. The van der Waals surface area contributed by atoms with Crippen molar-refractivity contribution in [3.8, 4) is 0 Å². The van der Waals surface area contributed by atoms with Crippen molar-refractivity contribution in [2.24, 2.45) is 0 Å². The molecule has 0 unspecified atom stereocenters. The highest BCUT2D eigenvalue weighted by Crippen LogP contribution is 2.24. The lowest BCUT2D eigenvalue weighted by Gasteiger charge is -2.13. The van der Waals surface area contributed by atoms with Gasteiger partial charge < -0.3 is 15.5 Å². The molecule has 6 heteroatoms. The Balaban J connectivity index is 1.69. The monoisotopic (exact) mass is 270 g/mol. The summed E-state index contributed by atoms with van der Waals surface area (Å²) in [5, 5.41) is 14.4. The van der Waals surface area contributed by atoms with Crippen LogP contribution in [0, 0.1) is 0 Å². The first-order chi connectivity index (χ1) is 9.70. The summed E-state index contributed by atoms with van der Waals surface area (Å²) >= 11 is 0. The molecule has 0 amide bonds. The van der Waals surface area contributed by atoms with Crippen LogP contribution in [0.2, 0.25) is 0 Å². The van der Waals surface area contributed by atoms with Crippen molar-refractivity contribution in [1.82, 2.24) is 15.2 Å². The zero-order valence-corrected chi connectivity index (χ0v) is 11.7. The van der Waals surface area contributed by atoms with Crippen LogP contribution in [-0.2, 0) is 0 Å². The molecule has 0 radical (unpaired) electrons. The average molecular weight is 270 g/mol. The van der Waals surface area contributed by atoms with Gasteiger partial charge in [-0.15, -0.1) is 5.10 Å². The Bertz CT molecular complexity index is 576. The van der Waals surface area contributed by atoms with Crippen LogP contribution < -0.4 is 15.5 Å². The van der Waals surface area contributed by atoms with Gasteiger partial charge in [0.1, 0.15) is 0 Å². The van der Waals surface area contributed by atoms with Gasteiger partial charge >= 0.3 is 0 Å². The second kappa shape index (κ2) is 5.32.